The normalized spacial score (nSPS) is 11.4. The van der Waals surface area contributed by atoms with Gasteiger partial charge in [-0.3, -0.25) is 9.48 Å². The zero-order chi connectivity index (χ0) is 17.4. The lowest BCUT2D eigenvalue weighted by Crippen LogP contribution is -2.36. The van der Waals surface area contributed by atoms with Crippen molar-refractivity contribution in [2.45, 2.75) is 40.3 Å². The second-order valence-electron chi connectivity index (χ2n) is 6.39. The molecule has 6 heteroatoms. The minimum Gasteiger partial charge on any atom is -0.332 e. The van der Waals surface area contributed by atoms with E-state index >= 15 is 0 Å². The number of pyridine rings is 1. The number of amides is 1. The van der Waals surface area contributed by atoms with E-state index in [2.05, 4.69) is 10.2 Å². The van der Waals surface area contributed by atoms with Crippen molar-refractivity contribution in [2.75, 3.05) is 0 Å². The molecule has 3 rings (SSSR count). The van der Waals surface area contributed by atoms with Crippen LogP contribution in [0, 0.1) is 13.8 Å². The van der Waals surface area contributed by atoms with Crippen molar-refractivity contribution in [1.82, 2.24) is 24.3 Å². The summed E-state index contributed by atoms with van der Waals surface area (Å²) in [6.07, 6.45) is 3.50. The third-order valence-corrected chi connectivity index (χ3v) is 4.53. The molecule has 0 N–H and O–H groups in total. The number of aromatic nitrogens is 4. The molecule has 3 heterocycles. The van der Waals surface area contributed by atoms with Crippen LogP contribution in [0.25, 0.3) is 5.52 Å². The molecule has 126 valence electrons. The van der Waals surface area contributed by atoms with E-state index in [1.54, 1.807) is 10.7 Å². The van der Waals surface area contributed by atoms with Gasteiger partial charge in [-0.05, 0) is 39.8 Å². The first-order chi connectivity index (χ1) is 11.4. The Balaban J connectivity index is 1.98. The molecule has 0 aliphatic rings. The number of hydrogen-bond donors (Lipinski definition) is 0. The number of nitrogens with zero attached hydrogens (tertiary/aromatic N) is 5. The van der Waals surface area contributed by atoms with E-state index < -0.39 is 0 Å². The Morgan fingerprint density at radius 3 is 2.67 bits per heavy atom. The Labute approximate surface area is 141 Å². The van der Waals surface area contributed by atoms with Crippen LogP contribution in [0.1, 0.15) is 41.2 Å². The van der Waals surface area contributed by atoms with Crippen LogP contribution in [0.2, 0.25) is 0 Å². The maximum Gasteiger partial charge on any atom is 0.258 e. The van der Waals surface area contributed by atoms with Crippen molar-refractivity contribution in [1.29, 1.82) is 0 Å². The van der Waals surface area contributed by atoms with Gasteiger partial charge in [0, 0.05) is 37.1 Å². The van der Waals surface area contributed by atoms with Gasteiger partial charge in [-0.2, -0.15) is 10.2 Å². The summed E-state index contributed by atoms with van der Waals surface area (Å²) in [4.78, 5) is 15.0. The van der Waals surface area contributed by atoms with Crippen molar-refractivity contribution in [3.63, 3.8) is 0 Å². The molecule has 0 aliphatic heterocycles. The monoisotopic (exact) mass is 325 g/mol. The number of carbonyl (C=O) groups is 1. The van der Waals surface area contributed by atoms with Crippen LogP contribution < -0.4 is 0 Å². The van der Waals surface area contributed by atoms with Gasteiger partial charge < -0.3 is 4.90 Å². The van der Waals surface area contributed by atoms with Crippen molar-refractivity contribution in [2.24, 2.45) is 7.05 Å². The Morgan fingerprint density at radius 1 is 1.29 bits per heavy atom. The van der Waals surface area contributed by atoms with Crippen LogP contribution in [0.4, 0.5) is 0 Å². The molecule has 3 aromatic heterocycles. The summed E-state index contributed by atoms with van der Waals surface area (Å²) >= 11 is 0. The standard InChI is InChI=1S/C18H23N5O/c1-12(2)22(11-16-13(3)20-21(5)14(16)4)18(24)15-10-19-23-9-7-6-8-17(15)23/h6-10,12H,11H2,1-5H3. The van der Waals surface area contributed by atoms with Crippen LogP contribution in [0.3, 0.4) is 0 Å². The van der Waals surface area contributed by atoms with E-state index in [4.69, 9.17) is 0 Å². The molecule has 0 atom stereocenters. The Bertz CT molecular complexity index is 890. The number of hydrogen-bond acceptors (Lipinski definition) is 3. The Morgan fingerprint density at radius 2 is 2.04 bits per heavy atom. The van der Waals surface area contributed by atoms with Gasteiger partial charge in [-0.1, -0.05) is 6.07 Å². The van der Waals surface area contributed by atoms with E-state index in [0.29, 0.717) is 12.1 Å². The maximum atomic E-state index is 13.1. The summed E-state index contributed by atoms with van der Waals surface area (Å²) in [6.45, 7) is 8.63. The molecular weight excluding hydrogens is 302 g/mol. The van der Waals surface area contributed by atoms with Crippen LogP contribution in [0.15, 0.2) is 30.6 Å². The van der Waals surface area contributed by atoms with Gasteiger partial charge in [0.2, 0.25) is 0 Å². The molecule has 1 amide bonds. The van der Waals surface area contributed by atoms with Crippen LogP contribution >= 0.6 is 0 Å². The second kappa shape index (κ2) is 6.11. The van der Waals surface area contributed by atoms with Gasteiger partial charge in [-0.25, -0.2) is 4.52 Å². The first-order valence-corrected chi connectivity index (χ1v) is 8.12. The van der Waals surface area contributed by atoms with Gasteiger partial charge >= 0.3 is 0 Å². The van der Waals surface area contributed by atoms with Crippen molar-refractivity contribution in [3.8, 4) is 0 Å². The highest BCUT2D eigenvalue weighted by molar-refractivity contribution is 6.00. The zero-order valence-corrected chi connectivity index (χ0v) is 14.8. The number of fused-ring (bicyclic) bond motifs is 1. The van der Waals surface area contributed by atoms with Gasteiger partial charge in [0.1, 0.15) is 0 Å². The molecule has 0 aliphatic carbocycles. The maximum absolute atomic E-state index is 13.1. The minimum atomic E-state index is -0.00569. The number of rotatable bonds is 4. The summed E-state index contributed by atoms with van der Waals surface area (Å²) < 4.78 is 3.59. The van der Waals surface area contributed by atoms with E-state index in [9.17, 15) is 4.79 Å². The number of carbonyl (C=O) groups excluding carboxylic acids is 1. The molecule has 0 bridgehead atoms. The minimum absolute atomic E-state index is 0.00569. The van der Waals surface area contributed by atoms with E-state index in [-0.39, 0.29) is 11.9 Å². The highest BCUT2D eigenvalue weighted by Crippen LogP contribution is 2.20. The molecule has 6 nitrogen and oxygen atoms in total. The van der Waals surface area contributed by atoms with Gasteiger partial charge in [-0.15, -0.1) is 0 Å². The third-order valence-electron chi connectivity index (χ3n) is 4.53. The van der Waals surface area contributed by atoms with Gasteiger partial charge in [0.05, 0.1) is 23.0 Å². The quantitative estimate of drug-likeness (QED) is 0.741. The molecule has 0 saturated heterocycles. The fourth-order valence-electron chi connectivity index (χ4n) is 2.96. The zero-order valence-electron chi connectivity index (χ0n) is 14.8. The molecule has 0 saturated carbocycles. The fourth-order valence-corrected chi connectivity index (χ4v) is 2.96. The van der Waals surface area contributed by atoms with Gasteiger partial charge in [0.25, 0.3) is 5.91 Å². The molecule has 0 aromatic carbocycles. The third kappa shape index (κ3) is 2.68. The SMILES string of the molecule is Cc1nn(C)c(C)c1CN(C(=O)c1cnn2ccccc12)C(C)C. The lowest BCUT2D eigenvalue weighted by atomic mass is 10.1. The number of aryl methyl sites for hydroxylation is 2. The summed E-state index contributed by atoms with van der Waals surface area (Å²) in [5.74, 6) is -0.00569. The Hall–Kier alpha value is -2.63. The average molecular weight is 325 g/mol. The van der Waals surface area contributed by atoms with Crippen LogP contribution in [-0.4, -0.2) is 36.2 Å². The van der Waals surface area contributed by atoms with E-state index in [0.717, 1.165) is 22.5 Å². The highest BCUT2D eigenvalue weighted by atomic mass is 16.2. The summed E-state index contributed by atoms with van der Waals surface area (Å²) in [5.41, 5.74) is 4.62. The lowest BCUT2D eigenvalue weighted by Gasteiger charge is -2.26. The molecular formula is C18H23N5O. The first-order valence-electron chi connectivity index (χ1n) is 8.12. The smallest absolute Gasteiger partial charge is 0.258 e. The van der Waals surface area contributed by atoms with Crippen molar-refractivity contribution < 1.29 is 4.79 Å². The average Bonchev–Trinajstić information content (AvgIpc) is 3.07. The Kier molecular flexibility index (Phi) is 4.13. The second-order valence-corrected chi connectivity index (χ2v) is 6.39. The largest absolute Gasteiger partial charge is 0.332 e. The van der Waals surface area contributed by atoms with Crippen molar-refractivity contribution >= 4 is 11.4 Å². The van der Waals surface area contributed by atoms with Crippen LogP contribution in [0.5, 0.6) is 0 Å². The molecule has 0 unspecified atom stereocenters. The molecule has 24 heavy (non-hydrogen) atoms. The van der Waals surface area contributed by atoms with E-state index in [1.807, 2.05) is 68.7 Å². The van der Waals surface area contributed by atoms with E-state index in [1.165, 1.54) is 0 Å². The van der Waals surface area contributed by atoms with Gasteiger partial charge in [0.15, 0.2) is 0 Å². The predicted octanol–water partition coefficient (Wildman–Crippen LogP) is 2.74. The molecule has 3 aromatic rings. The van der Waals surface area contributed by atoms with Crippen molar-refractivity contribution in [3.05, 3.63) is 53.1 Å². The first kappa shape index (κ1) is 16.2. The molecule has 0 spiro atoms. The summed E-state index contributed by atoms with van der Waals surface area (Å²) in [7, 11) is 1.93. The topological polar surface area (TPSA) is 55.4 Å². The van der Waals surface area contributed by atoms with Crippen LogP contribution in [-0.2, 0) is 13.6 Å². The summed E-state index contributed by atoms with van der Waals surface area (Å²) in [5, 5.41) is 8.74. The predicted molar refractivity (Wildman–Crippen MR) is 92.9 cm³/mol. The fraction of sp³-hybridized carbons (Fsp3) is 0.389. The molecule has 0 fully saturated rings. The lowest BCUT2D eigenvalue weighted by molar-refractivity contribution is 0.0691. The highest BCUT2D eigenvalue weighted by Gasteiger charge is 2.24. The molecule has 0 radical (unpaired) electrons. The summed E-state index contributed by atoms with van der Waals surface area (Å²) in [6, 6.07) is 5.81.